The second-order valence-electron chi connectivity index (χ2n) is 2.99. The van der Waals surface area contributed by atoms with Crippen LogP contribution in [-0.4, -0.2) is 19.1 Å². The van der Waals surface area contributed by atoms with Gasteiger partial charge in [0.2, 0.25) is 0 Å². The molecular formula is C11H15NO2. The van der Waals surface area contributed by atoms with Gasteiger partial charge in [0.15, 0.2) is 0 Å². The summed E-state index contributed by atoms with van der Waals surface area (Å²) in [4.78, 5) is 11.3. The van der Waals surface area contributed by atoms with Gasteiger partial charge in [-0.1, -0.05) is 25.1 Å². The van der Waals surface area contributed by atoms with Gasteiger partial charge in [-0.05, 0) is 18.6 Å². The molecule has 76 valence electrons. The summed E-state index contributed by atoms with van der Waals surface area (Å²) in [6.45, 7) is 1.94. The smallest absolute Gasteiger partial charge is 0.328 e. The summed E-state index contributed by atoms with van der Waals surface area (Å²) in [6.07, 6.45) is 0.710. The SMILES string of the molecule is CCC(Nc1ccccc1)C(=O)OC. The molecule has 0 saturated heterocycles. The second-order valence-corrected chi connectivity index (χ2v) is 2.99. The first-order chi connectivity index (χ1) is 6.77. The number of anilines is 1. The predicted molar refractivity (Wildman–Crippen MR) is 56.2 cm³/mol. The summed E-state index contributed by atoms with van der Waals surface area (Å²) in [5.74, 6) is -0.226. The summed E-state index contributed by atoms with van der Waals surface area (Å²) >= 11 is 0. The average molecular weight is 193 g/mol. The van der Waals surface area contributed by atoms with Crippen molar-refractivity contribution in [3.63, 3.8) is 0 Å². The maximum atomic E-state index is 11.3. The molecule has 0 radical (unpaired) electrons. The van der Waals surface area contributed by atoms with Crippen LogP contribution < -0.4 is 5.32 Å². The second kappa shape index (κ2) is 5.27. The molecule has 0 saturated carbocycles. The van der Waals surface area contributed by atoms with Crippen LogP contribution in [0.5, 0.6) is 0 Å². The Hall–Kier alpha value is -1.51. The van der Waals surface area contributed by atoms with Crippen molar-refractivity contribution >= 4 is 11.7 Å². The third-order valence-electron chi connectivity index (χ3n) is 2.01. The van der Waals surface area contributed by atoms with Crippen molar-refractivity contribution in [1.82, 2.24) is 0 Å². The number of esters is 1. The molecule has 3 nitrogen and oxygen atoms in total. The largest absolute Gasteiger partial charge is 0.467 e. The number of benzene rings is 1. The third-order valence-corrected chi connectivity index (χ3v) is 2.01. The van der Waals surface area contributed by atoms with E-state index in [2.05, 4.69) is 10.1 Å². The Morgan fingerprint density at radius 1 is 1.43 bits per heavy atom. The minimum atomic E-state index is -0.262. The minimum Gasteiger partial charge on any atom is -0.467 e. The van der Waals surface area contributed by atoms with Gasteiger partial charge in [0.05, 0.1) is 7.11 Å². The lowest BCUT2D eigenvalue weighted by Crippen LogP contribution is -2.29. The first-order valence-electron chi connectivity index (χ1n) is 4.67. The van der Waals surface area contributed by atoms with Gasteiger partial charge in [-0.25, -0.2) is 4.79 Å². The molecule has 1 aromatic rings. The number of rotatable bonds is 4. The van der Waals surface area contributed by atoms with E-state index in [4.69, 9.17) is 0 Å². The van der Waals surface area contributed by atoms with E-state index in [0.29, 0.717) is 6.42 Å². The van der Waals surface area contributed by atoms with Crippen molar-refractivity contribution in [2.45, 2.75) is 19.4 Å². The highest BCUT2D eigenvalue weighted by atomic mass is 16.5. The standard InChI is InChI=1S/C11H15NO2/c1-3-10(11(13)14-2)12-9-7-5-4-6-8-9/h4-8,10,12H,3H2,1-2H3. The van der Waals surface area contributed by atoms with Gasteiger partial charge in [0.1, 0.15) is 6.04 Å². The average Bonchev–Trinajstić information content (AvgIpc) is 2.26. The minimum absolute atomic E-state index is 0.226. The van der Waals surface area contributed by atoms with E-state index in [0.717, 1.165) is 5.69 Å². The normalized spacial score (nSPS) is 11.9. The molecule has 1 rings (SSSR count). The summed E-state index contributed by atoms with van der Waals surface area (Å²) in [7, 11) is 1.40. The van der Waals surface area contributed by atoms with Crippen LogP contribution in [0.3, 0.4) is 0 Å². The molecule has 1 unspecified atom stereocenters. The monoisotopic (exact) mass is 193 g/mol. The van der Waals surface area contributed by atoms with Crippen LogP contribution in [0, 0.1) is 0 Å². The fourth-order valence-corrected chi connectivity index (χ4v) is 1.21. The summed E-state index contributed by atoms with van der Waals surface area (Å²) in [5, 5.41) is 3.10. The number of carbonyl (C=O) groups is 1. The van der Waals surface area contributed by atoms with E-state index in [1.807, 2.05) is 37.3 Å². The topological polar surface area (TPSA) is 38.3 Å². The third kappa shape index (κ3) is 2.76. The van der Waals surface area contributed by atoms with Crippen molar-refractivity contribution in [3.8, 4) is 0 Å². The molecule has 14 heavy (non-hydrogen) atoms. The molecule has 1 atom stereocenters. The molecular weight excluding hydrogens is 178 g/mol. The summed E-state index contributed by atoms with van der Waals surface area (Å²) < 4.78 is 4.67. The van der Waals surface area contributed by atoms with Crippen molar-refractivity contribution in [2.75, 3.05) is 12.4 Å². The Kier molecular flexibility index (Phi) is 3.98. The first-order valence-corrected chi connectivity index (χ1v) is 4.67. The summed E-state index contributed by atoms with van der Waals surface area (Å²) in [6, 6.07) is 9.36. The molecule has 0 bridgehead atoms. The molecule has 0 heterocycles. The Bertz CT molecular complexity index is 285. The number of hydrogen-bond donors (Lipinski definition) is 1. The zero-order valence-electron chi connectivity index (χ0n) is 8.49. The number of methoxy groups -OCH3 is 1. The highest BCUT2D eigenvalue weighted by Crippen LogP contribution is 2.09. The van der Waals surface area contributed by atoms with Gasteiger partial charge in [-0.3, -0.25) is 0 Å². The number of ether oxygens (including phenoxy) is 1. The van der Waals surface area contributed by atoms with Gasteiger partial charge in [0, 0.05) is 5.69 Å². The van der Waals surface area contributed by atoms with Crippen LogP contribution >= 0.6 is 0 Å². The molecule has 0 aliphatic heterocycles. The lowest BCUT2D eigenvalue weighted by atomic mass is 10.2. The highest BCUT2D eigenvalue weighted by molar-refractivity contribution is 5.79. The van der Waals surface area contributed by atoms with E-state index in [1.54, 1.807) is 0 Å². The Morgan fingerprint density at radius 3 is 2.57 bits per heavy atom. The van der Waals surface area contributed by atoms with E-state index in [-0.39, 0.29) is 12.0 Å². The summed E-state index contributed by atoms with van der Waals surface area (Å²) in [5.41, 5.74) is 0.935. The van der Waals surface area contributed by atoms with E-state index < -0.39 is 0 Å². The molecule has 1 aromatic carbocycles. The van der Waals surface area contributed by atoms with Crippen LogP contribution in [0.2, 0.25) is 0 Å². The number of hydrogen-bond acceptors (Lipinski definition) is 3. The van der Waals surface area contributed by atoms with Crippen molar-refractivity contribution in [1.29, 1.82) is 0 Å². The zero-order chi connectivity index (χ0) is 10.4. The molecule has 0 aromatic heterocycles. The zero-order valence-corrected chi connectivity index (χ0v) is 8.49. The van der Waals surface area contributed by atoms with E-state index in [9.17, 15) is 4.79 Å². The van der Waals surface area contributed by atoms with Crippen molar-refractivity contribution in [2.24, 2.45) is 0 Å². The molecule has 0 fully saturated rings. The fourth-order valence-electron chi connectivity index (χ4n) is 1.21. The van der Waals surface area contributed by atoms with E-state index in [1.165, 1.54) is 7.11 Å². The van der Waals surface area contributed by atoms with Gasteiger partial charge in [0.25, 0.3) is 0 Å². The molecule has 0 aliphatic rings. The Morgan fingerprint density at radius 2 is 2.07 bits per heavy atom. The molecule has 0 amide bonds. The van der Waals surface area contributed by atoms with Gasteiger partial charge in [-0.2, -0.15) is 0 Å². The van der Waals surface area contributed by atoms with Gasteiger partial charge >= 0.3 is 5.97 Å². The maximum absolute atomic E-state index is 11.3. The number of para-hydroxylation sites is 1. The van der Waals surface area contributed by atoms with Crippen molar-refractivity contribution in [3.05, 3.63) is 30.3 Å². The lowest BCUT2D eigenvalue weighted by molar-refractivity contribution is -0.141. The fraction of sp³-hybridized carbons (Fsp3) is 0.364. The highest BCUT2D eigenvalue weighted by Gasteiger charge is 2.15. The van der Waals surface area contributed by atoms with Crippen LogP contribution in [0.25, 0.3) is 0 Å². The lowest BCUT2D eigenvalue weighted by Gasteiger charge is -2.15. The Labute approximate surface area is 84.1 Å². The number of nitrogens with one attached hydrogen (secondary N) is 1. The molecule has 0 spiro atoms. The van der Waals surface area contributed by atoms with Crippen LogP contribution in [0.15, 0.2) is 30.3 Å². The Balaban J connectivity index is 2.62. The van der Waals surface area contributed by atoms with Gasteiger partial charge in [-0.15, -0.1) is 0 Å². The molecule has 3 heteroatoms. The predicted octanol–water partition coefficient (Wildman–Crippen LogP) is 2.05. The maximum Gasteiger partial charge on any atom is 0.328 e. The van der Waals surface area contributed by atoms with Crippen LogP contribution in [0.4, 0.5) is 5.69 Å². The van der Waals surface area contributed by atoms with Crippen LogP contribution in [0.1, 0.15) is 13.3 Å². The molecule has 1 N–H and O–H groups in total. The van der Waals surface area contributed by atoms with E-state index >= 15 is 0 Å². The van der Waals surface area contributed by atoms with Gasteiger partial charge < -0.3 is 10.1 Å². The van der Waals surface area contributed by atoms with Crippen molar-refractivity contribution < 1.29 is 9.53 Å². The quantitative estimate of drug-likeness (QED) is 0.744. The first kappa shape index (κ1) is 10.6. The van der Waals surface area contributed by atoms with Crippen LogP contribution in [-0.2, 0) is 9.53 Å². The number of carbonyl (C=O) groups excluding carboxylic acids is 1. The molecule has 0 aliphatic carbocycles.